The molecule has 0 saturated heterocycles. The summed E-state index contributed by atoms with van der Waals surface area (Å²) in [5, 5.41) is 0. The summed E-state index contributed by atoms with van der Waals surface area (Å²) in [6.45, 7) is 0.415. The first kappa shape index (κ1) is 13.7. The summed E-state index contributed by atoms with van der Waals surface area (Å²) in [7, 11) is 5.06. The van der Waals surface area contributed by atoms with Gasteiger partial charge in [-0.15, -0.1) is 0 Å². The molecule has 0 aliphatic carbocycles. The van der Waals surface area contributed by atoms with Gasteiger partial charge in [0.1, 0.15) is 13.6 Å². The Morgan fingerprint density at radius 1 is 1.29 bits per heavy atom. The minimum atomic E-state index is -4.37. The van der Waals surface area contributed by atoms with E-state index < -0.39 is 11.7 Å². The second-order valence-electron chi connectivity index (χ2n) is 3.92. The lowest BCUT2D eigenvalue weighted by Crippen LogP contribution is -2.16. The van der Waals surface area contributed by atoms with E-state index in [9.17, 15) is 13.2 Å². The van der Waals surface area contributed by atoms with Gasteiger partial charge in [0, 0.05) is 19.8 Å². The summed E-state index contributed by atoms with van der Waals surface area (Å²) in [5.74, 6) is 0.254. The second kappa shape index (κ2) is 5.34. The smallest absolute Gasteiger partial charge is 0.418 e. The average molecular weight is 245 g/mol. The van der Waals surface area contributed by atoms with Crippen molar-refractivity contribution in [1.29, 1.82) is 0 Å². The first-order valence-corrected chi connectivity index (χ1v) is 5.37. The Bertz CT molecular complexity index is 379. The Hall–Kier alpha value is -1.33. The van der Waals surface area contributed by atoms with E-state index in [1.54, 1.807) is 20.2 Å². The number of anilines is 1. The van der Waals surface area contributed by atoms with Gasteiger partial charge in [-0.1, -0.05) is 0 Å². The first-order chi connectivity index (χ1) is 7.86. The lowest BCUT2D eigenvalue weighted by molar-refractivity contribution is -0.137. The predicted octanol–water partition coefficient (Wildman–Crippen LogP) is 2.20. The van der Waals surface area contributed by atoms with Gasteiger partial charge in [0.25, 0.3) is 0 Å². The van der Waals surface area contributed by atoms with Crippen LogP contribution in [0.2, 0.25) is 6.32 Å². The van der Waals surface area contributed by atoms with Crippen LogP contribution in [0.1, 0.15) is 5.56 Å². The number of hydrogen-bond acceptors (Lipinski definition) is 2. The van der Waals surface area contributed by atoms with E-state index in [1.807, 2.05) is 7.85 Å². The van der Waals surface area contributed by atoms with E-state index in [2.05, 4.69) is 0 Å². The standard InChI is InChI=1S/C11H15BF3NO/c1-16(2)10-4-3-8(17-6-5-12)7-9(10)11(13,14)15/h3-4,7H,5-6,12H2,1-2H3. The van der Waals surface area contributed by atoms with E-state index in [-0.39, 0.29) is 11.4 Å². The van der Waals surface area contributed by atoms with Gasteiger partial charge in [0.05, 0.1) is 12.2 Å². The maximum absolute atomic E-state index is 12.8. The van der Waals surface area contributed by atoms with Crippen molar-refractivity contribution >= 4 is 13.5 Å². The molecule has 1 aromatic carbocycles. The van der Waals surface area contributed by atoms with E-state index >= 15 is 0 Å². The van der Waals surface area contributed by atoms with Crippen LogP contribution in [0, 0.1) is 0 Å². The molecule has 0 amide bonds. The van der Waals surface area contributed by atoms with Gasteiger partial charge in [0.2, 0.25) is 0 Å². The van der Waals surface area contributed by atoms with E-state index in [0.717, 1.165) is 12.4 Å². The Morgan fingerprint density at radius 2 is 1.94 bits per heavy atom. The third kappa shape index (κ3) is 3.58. The molecule has 17 heavy (non-hydrogen) atoms. The molecule has 0 atom stereocenters. The normalized spacial score (nSPS) is 11.4. The van der Waals surface area contributed by atoms with Crippen molar-refractivity contribution in [3.05, 3.63) is 23.8 Å². The molecule has 0 aliphatic heterocycles. The van der Waals surface area contributed by atoms with Gasteiger partial charge >= 0.3 is 6.18 Å². The lowest BCUT2D eigenvalue weighted by Gasteiger charge is -2.20. The highest BCUT2D eigenvalue weighted by molar-refractivity contribution is 6.08. The van der Waals surface area contributed by atoms with Crippen LogP contribution >= 0.6 is 0 Å². The van der Waals surface area contributed by atoms with Crippen LogP contribution in [0.25, 0.3) is 0 Å². The highest BCUT2D eigenvalue weighted by Gasteiger charge is 2.34. The molecule has 0 N–H and O–H groups in total. The largest absolute Gasteiger partial charge is 0.494 e. The summed E-state index contributed by atoms with van der Waals surface area (Å²) in [6.07, 6.45) is -3.61. The molecule has 0 spiro atoms. The predicted molar refractivity (Wildman–Crippen MR) is 64.6 cm³/mol. The zero-order chi connectivity index (χ0) is 13.1. The molecule has 0 aromatic heterocycles. The summed E-state index contributed by atoms with van der Waals surface area (Å²) in [4.78, 5) is 1.44. The van der Waals surface area contributed by atoms with E-state index in [4.69, 9.17) is 4.74 Å². The Balaban J connectivity index is 3.11. The maximum atomic E-state index is 12.8. The summed E-state index contributed by atoms with van der Waals surface area (Å²) >= 11 is 0. The molecule has 0 bridgehead atoms. The minimum absolute atomic E-state index is 0.140. The van der Waals surface area contributed by atoms with E-state index in [1.165, 1.54) is 11.0 Å². The highest BCUT2D eigenvalue weighted by atomic mass is 19.4. The zero-order valence-electron chi connectivity index (χ0n) is 10.1. The molecule has 0 heterocycles. The number of nitrogens with zero attached hydrogens (tertiary/aromatic N) is 1. The Morgan fingerprint density at radius 3 is 2.41 bits per heavy atom. The molecule has 94 valence electrons. The van der Waals surface area contributed by atoms with Crippen LogP contribution < -0.4 is 9.64 Å². The molecule has 1 rings (SSSR count). The summed E-state index contributed by atoms with van der Waals surface area (Å²) < 4.78 is 43.7. The number of benzene rings is 1. The van der Waals surface area contributed by atoms with Crippen molar-refractivity contribution in [2.45, 2.75) is 12.5 Å². The van der Waals surface area contributed by atoms with Crippen LogP contribution in [-0.2, 0) is 6.18 Å². The molecular formula is C11H15BF3NO. The molecule has 0 fully saturated rings. The Kier molecular flexibility index (Phi) is 4.31. The van der Waals surface area contributed by atoms with Crippen molar-refractivity contribution in [2.75, 3.05) is 25.6 Å². The van der Waals surface area contributed by atoms with Crippen molar-refractivity contribution in [3.8, 4) is 5.75 Å². The molecule has 2 nitrogen and oxygen atoms in total. The molecule has 0 radical (unpaired) electrons. The van der Waals surface area contributed by atoms with Gasteiger partial charge in [-0.2, -0.15) is 13.2 Å². The molecular weight excluding hydrogens is 230 g/mol. The monoisotopic (exact) mass is 245 g/mol. The zero-order valence-corrected chi connectivity index (χ0v) is 10.1. The number of ether oxygens (including phenoxy) is 1. The van der Waals surface area contributed by atoms with Crippen molar-refractivity contribution in [3.63, 3.8) is 0 Å². The number of rotatable bonds is 4. The number of halogens is 3. The van der Waals surface area contributed by atoms with E-state index in [0.29, 0.717) is 6.61 Å². The fraction of sp³-hybridized carbons (Fsp3) is 0.455. The summed E-state index contributed by atoms with van der Waals surface area (Å²) in [6, 6.07) is 4.03. The van der Waals surface area contributed by atoms with Crippen molar-refractivity contribution in [2.24, 2.45) is 0 Å². The molecule has 1 aromatic rings. The molecule has 0 saturated carbocycles. The third-order valence-electron chi connectivity index (χ3n) is 2.23. The van der Waals surface area contributed by atoms with Crippen LogP contribution in [0.5, 0.6) is 5.75 Å². The molecule has 0 aliphatic rings. The quantitative estimate of drug-likeness (QED) is 0.754. The van der Waals surface area contributed by atoms with Gasteiger partial charge in [-0.05, 0) is 24.5 Å². The van der Waals surface area contributed by atoms with Gasteiger partial charge < -0.3 is 9.64 Å². The first-order valence-electron chi connectivity index (χ1n) is 5.37. The topological polar surface area (TPSA) is 12.5 Å². The van der Waals surface area contributed by atoms with Crippen LogP contribution in [-0.4, -0.2) is 28.5 Å². The fourth-order valence-electron chi connectivity index (χ4n) is 1.44. The number of alkyl halides is 3. The van der Waals surface area contributed by atoms with Crippen LogP contribution in [0.4, 0.5) is 18.9 Å². The molecule has 6 heteroatoms. The summed E-state index contributed by atoms with van der Waals surface area (Å²) in [5.41, 5.74) is -0.530. The maximum Gasteiger partial charge on any atom is 0.418 e. The molecule has 0 unspecified atom stereocenters. The minimum Gasteiger partial charge on any atom is -0.494 e. The van der Waals surface area contributed by atoms with Crippen LogP contribution in [0.15, 0.2) is 18.2 Å². The SMILES string of the molecule is BCCOc1ccc(N(C)C)c(C(F)(F)F)c1. The lowest BCUT2D eigenvalue weighted by atomic mass is 10.1. The highest BCUT2D eigenvalue weighted by Crippen LogP contribution is 2.38. The Labute approximate surface area is 99.8 Å². The van der Waals surface area contributed by atoms with Crippen LogP contribution in [0.3, 0.4) is 0 Å². The van der Waals surface area contributed by atoms with Gasteiger partial charge in [-0.3, -0.25) is 0 Å². The van der Waals surface area contributed by atoms with Gasteiger partial charge in [0.15, 0.2) is 0 Å². The van der Waals surface area contributed by atoms with Gasteiger partial charge in [-0.25, -0.2) is 0 Å². The number of hydrogen-bond donors (Lipinski definition) is 0. The fourth-order valence-corrected chi connectivity index (χ4v) is 1.44. The van der Waals surface area contributed by atoms with Crippen molar-refractivity contribution < 1.29 is 17.9 Å². The van der Waals surface area contributed by atoms with Crippen molar-refractivity contribution in [1.82, 2.24) is 0 Å². The second-order valence-corrected chi connectivity index (χ2v) is 3.92. The third-order valence-corrected chi connectivity index (χ3v) is 2.23. The average Bonchev–Trinajstić information content (AvgIpc) is 2.24.